The number of hydrogen-bond donors (Lipinski definition) is 2. The third kappa shape index (κ3) is 5.57. The molecule has 0 aliphatic carbocycles. The Labute approximate surface area is 130 Å². The molecule has 1 rings (SSSR count). The number of rotatable bonds is 9. The van der Waals surface area contributed by atoms with E-state index in [0.717, 1.165) is 52.1 Å². The summed E-state index contributed by atoms with van der Waals surface area (Å²) in [5.74, 6) is -0.245. The average molecular weight is 298 g/mol. The van der Waals surface area contributed by atoms with E-state index in [-0.39, 0.29) is 5.91 Å². The van der Waals surface area contributed by atoms with E-state index in [0.29, 0.717) is 6.04 Å². The van der Waals surface area contributed by atoms with Crippen molar-refractivity contribution in [2.24, 2.45) is 5.73 Å². The van der Waals surface area contributed by atoms with Gasteiger partial charge in [-0.1, -0.05) is 13.8 Å². The number of carbonyl (C=O) groups is 1. The highest BCUT2D eigenvalue weighted by molar-refractivity contribution is 5.84. The Morgan fingerprint density at radius 2 is 1.90 bits per heavy atom. The second-order valence-corrected chi connectivity index (χ2v) is 6.47. The first-order valence-electron chi connectivity index (χ1n) is 8.44. The van der Waals surface area contributed by atoms with Crippen LogP contribution in [0.25, 0.3) is 0 Å². The van der Waals surface area contributed by atoms with Gasteiger partial charge in [-0.05, 0) is 46.2 Å². The maximum absolute atomic E-state index is 11.6. The number of nitrogens with two attached hydrogens (primary N) is 1. The Morgan fingerprint density at radius 1 is 1.29 bits per heavy atom. The van der Waals surface area contributed by atoms with Gasteiger partial charge in [0, 0.05) is 32.2 Å². The highest BCUT2D eigenvalue weighted by atomic mass is 16.1. The third-order valence-corrected chi connectivity index (χ3v) is 4.88. The molecule has 0 aromatic heterocycles. The number of nitrogens with zero attached hydrogens (tertiary/aromatic N) is 2. The summed E-state index contributed by atoms with van der Waals surface area (Å²) in [6, 6.07) is 0.694. The molecule has 0 radical (unpaired) electrons. The van der Waals surface area contributed by atoms with Gasteiger partial charge >= 0.3 is 0 Å². The van der Waals surface area contributed by atoms with Crippen LogP contribution >= 0.6 is 0 Å². The van der Waals surface area contributed by atoms with Crippen LogP contribution in [0.5, 0.6) is 0 Å². The minimum atomic E-state index is -0.562. The molecule has 124 valence electrons. The van der Waals surface area contributed by atoms with Crippen LogP contribution in [0.1, 0.15) is 47.0 Å². The molecule has 1 aliphatic heterocycles. The molecule has 1 amide bonds. The Hall–Kier alpha value is -0.650. The minimum absolute atomic E-state index is 0.245. The zero-order valence-electron chi connectivity index (χ0n) is 14.3. The van der Waals surface area contributed by atoms with E-state index in [1.165, 1.54) is 6.42 Å². The predicted molar refractivity (Wildman–Crippen MR) is 88.3 cm³/mol. The number of carbonyl (C=O) groups excluding carboxylic acids is 1. The van der Waals surface area contributed by atoms with E-state index in [9.17, 15) is 4.79 Å². The lowest BCUT2D eigenvalue weighted by Crippen LogP contribution is -2.53. The van der Waals surface area contributed by atoms with Gasteiger partial charge < -0.3 is 16.0 Å². The Balaban J connectivity index is 2.29. The maximum atomic E-state index is 11.6. The molecule has 0 aromatic carbocycles. The van der Waals surface area contributed by atoms with Crippen molar-refractivity contribution in [3.63, 3.8) is 0 Å². The van der Waals surface area contributed by atoms with Gasteiger partial charge in [0.25, 0.3) is 0 Å². The number of piperazine rings is 1. The van der Waals surface area contributed by atoms with Crippen molar-refractivity contribution >= 4 is 5.91 Å². The van der Waals surface area contributed by atoms with Crippen molar-refractivity contribution in [2.75, 3.05) is 39.3 Å². The SMILES string of the molecule is CCNC(C)(CCCN1CCN(C(C)CC)CC1)C(N)=O. The second kappa shape index (κ2) is 8.71. The standard InChI is InChI=1S/C16H34N4O/c1-5-14(3)20-12-10-19(11-13-20)9-7-8-16(4,15(17)21)18-6-2/h14,18H,5-13H2,1-4H3,(H2,17,21). The summed E-state index contributed by atoms with van der Waals surface area (Å²) in [5, 5.41) is 3.22. The molecule has 0 bridgehead atoms. The van der Waals surface area contributed by atoms with E-state index >= 15 is 0 Å². The molecule has 1 aliphatic rings. The molecule has 1 saturated heterocycles. The lowest BCUT2D eigenvalue weighted by molar-refractivity contribution is -0.124. The first-order chi connectivity index (χ1) is 9.92. The van der Waals surface area contributed by atoms with Gasteiger partial charge in [-0.25, -0.2) is 0 Å². The van der Waals surface area contributed by atoms with E-state index < -0.39 is 5.54 Å². The van der Waals surface area contributed by atoms with Crippen molar-refractivity contribution in [1.82, 2.24) is 15.1 Å². The number of hydrogen-bond acceptors (Lipinski definition) is 4. The highest BCUT2D eigenvalue weighted by Crippen LogP contribution is 2.14. The number of primary amides is 1. The fourth-order valence-corrected chi connectivity index (χ4v) is 3.03. The average Bonchev–Trinajstić information content (AvgIpc) is 2.47. The van der Waals surface area contributed by atoms with Crippen molar-refractivity contribution in [3.05, 3.63) is 0 Å². The zero-order valence-corrected chi connectivity index (χ0v) is 14.3. The molecule has 21 heavy (non-hydrogen) atoms. The number of nitrogens with one attached hydrogen (secondary N) is 1. The topological polar surface area (TPSA) is 61.6 Å². The van der Waals surface area contributed by atoms with Gasteiger partial charge in [-0.3, -0.25) is 9.69 Å². The third-order valence-electron chi connectivity index (χ3n) is 4.88. The van der Waals surface area contributed by atoms with Crippen molar-refractivity contribution in [1.29, 1.82) is 0 Å². The van der Waals surface area contributed by atoms with Crippen molar-refractivity contribution < 1.29 is 4.79 Å². The Kier molecular flexibility index (Phi) is 7.63. The molecule has 5 heteroatoms. The maximum Gasteiger partial charge on any atom is 0.237 e. The monoisotopic (exact) mass is 298 g/mol. The second-order valence-electron chi connectivity index (χ2n) is 6.47. The van der Waals surface area contributed by atoms with E-state index in [1.54, 1.807) is 0 Å². The van der Waals surface area contributed by atoms with Crippen LogP contribution in [0.4, 0.5) is 0 Å². The fourth-order valence-electron chi connectivity index (χ4n) is 3.03. The largest absolute Gasteiger partial charge is 0.368 e. The molecule has 3 N–H and O–H groups in total. The van der Waals surface area contributed by atoms with E-state index in [2.05, 4.69) is 29.0 Å². The van der Waals surface area contributed by atoms with Gasteiger partial charge in [0.2, 0.25) is 5.91 Å². The van der Waals surface area contributed by atoms with E-state index in [4.69, 9.17) is 5.73 Å². The van der Waals surface area contributed by atoms with Gasteiger partial charge in [0.1, 0.15) is 0 Å². The van der Waals surface area contributed by atoms with Crippen molar-refractivity contribution in [3.8, 4) is 0 Å². The molecular formula is C16H34N4O. The minimum Gasteiger partial charge on any atom is -0.368 e. The lowest BCUT2D eigenvalue weighted by Gasteiger charge is -2.38. The molecule has 5 nitrogen and oxygen atoms in total. The molecule has 0 saturated carbocycles. The number of likely N-dealkylation sites (N-methyl/N-ethyl adjacent to an activating group) is 1. The Morgan fingerprint density at radius 3 is 2.38 bits per heavy atom. The molecule has 1 fully saturated rings. The van der Waals surface area contributed by atoms with Crippen molar-refractivity contribution in [2.45, 2.75) is 58.5 Å². The summed E-state index contributed by atoms with van der Waals surface area (Å²) in [6.07, 6.45) is 3.04. The summed E-state index contributed by atoms with van der Waals surface area (Å²) in [6.45, 7) is 14.9. The highest BCUT2D eigenvalue weighted by Gasteiger charge is 2.29. The smallest absolute Gasteiger partial charge is 0.237 e. The first kappa shape index (κ1) is 18.4. The van der Waals surface area contributed by atoms with Gasteiger partial charge in [-0.2, -0.15) is 0 Å². The van der Waals surface area contributed by atoms with Crippen LogP contribution in [0.3, 0.4) is 0 Å². The quantitative estimate of drug-likeness (QED) is 0.667. The van der Waals surface area contributed by atoms with Crippen LogP contribution in [0.15, 0.2) is 0 Å². The lowest BCUT2D eigenvalue weighted by atomic mass is 9.94. The molecule has 1 heterocycles. The Bertz CT molecular complexity index is 315. The molecule has 0 spiro atoms. The predicted octanol–water partition coefficient (Wildman–Crippen LogP) is 1.04. The molecule has 2 atom stereocenters. The summed E-state index contributed by atoms with van der Waals surface area (Å²) in [5.41, 5.74) is 4.96. The van der Waals surface area contributed by atoms with Crippen LogP contribution in [0, 0.1) is 0 Å². The summed E-state index contributed by atoms with van der Waals surface area (Å²) in [7, 11) is 0. The van der Waals surface area contributed by atoms with Crippen LogP contribution in [0.2, 0.25) is 0 Å². The van der Waals surface area contributed by atoms with Crippen LogP contribution in [-0.2, 0) is 4.79 Å². The van der Waals surface area contributed by atoms with Gasteiger partial charge in [0.15, 0.2) is 0 Å². The van der Waals surface area contributed by atoms with Gasteiger partial charge in [0.05, 0.1) is 5.54 Å². The molecule has 0 aromatic rings. The zero-order chi connectivity index (χ0) is 15.9. The van der Waals surface area contributed by atoms with Gasteiger partial charge in [-0.15, -0.1) is 0 Å². The fraction of sp³-hybridized carbons (Fsp3) is 0.938. The van der Waals surface area contributed by atoms with Crippen LogP contribution < -0.4 is 11.1 Å². The molecular weight excluding hydrogens is 264 g/mol. The summed E-state index contributed by atoms with van der Waals surface area (Å²) < 4.78 is 0. The first-order valence-corrected chi connectivity index (χ1v) is 8.44. The summed E-state index contributed by atoms with van der Waals surface area (Å²) >= 11 is 0. The van der Waals surface area contributed by atoms with E-state index in [1.807, 2.05) is 13.8 Å². The molecule has 2 unspecified atom stereocenters. The number of amides is 1. The summed E-state index contributed by atoms with van der Waals surface area (Å²) in [4.78, 5) is 16.7. The van der Waals surface area contributed by atoms with Crippen LogP contribution in [-0.4, -0.2) is 66.6 Å². The normalized spacial score (nSPS) is 21.9.